The molecule has 2 aromatic heterocycles. The second-order valence-electron chi connectivity index (χ2n) is 4.21. The Hall–Kier alpha value is -2.74. The van der Waals surface area contributed by atoms with Crippen molar-refractivity contribution in [3.63, 3.8) is 0 Å². The van der Waals surface area contributed by atoms with Gasteiger partial charge in [0.15, 0.2) is 5.65 Å². The van der Waals surface area contributed by atoms with Gasteiger partial charge in [0.25, 0.3) is 5.69 Å². The number of hydrogen-bond donors (Lipinski definition) is 1. The summed E-state index contributed by atoms with van der Waals surface area (Å²) in [6, 6.07) is 4.33. The summed E-state index contributed by atoms with van der Waals surface area (Å²) in [5, 5.41) is 10.8. The number of benzene rings is 1. The Kier molecular flexibility index (Phi) is 3.15. The Bertz CT molecular complexity index is 848. The SMILES string of the molecule is Cc1ccc([N+](=O)[O-])cc1Oc1nc(Cl)nc2nc[nH]c12. The number of imidazole rings is 1. The first-order chi connectivity index (χ1) is 10.0. The summed E-state index contributed by atoms with van der Waals surface area (Å²) >= 11 is 5.80. The molecule has 0 saturated carbocycles. The van der Waals surface area contributed by atoms with Crippen LogP contribution in [0.2, 0.25) is 5.28 Å². The Morgan fingerprint density at radius 2 is 2.19 bits per heavy atom. The van der Waals surface area contributed by atoms with Gasteiger partial charge in [-0.1, -0.05) is 0 Å². The summed E-state index contributed by atoms with van der Waals surface area (Å²) in [5.74, 6) is 0.473. The number of aryl methyl sites for hydroxylation is 1. The van der Waals surface area contributed by atoms with Crippen LogP contribution in [0.4, 0.5) is 5.69 Å². The summed E-state index contributed by atoms with van der Waals surface area (Å²) < 4.78 is 5.64. The van der Waals surface area contributed by atoms with E-state index < -0.39 is 4.92 Å². The first-order valence-electron chi connectivity index (χ1n) is 5.84. The van der Waals surface area contributed by atoms with Crippen molar-refractivity contribution >= 4 is 28.5 Å². The Morgan fingerprint density at radius 1 is 1.38 bits per heavy atom. The second-order valence-corrected chi connectivity index (χ2v) is 4.55. The lowest BCUT2D eigenvalue weighted by Crippen LogP contribution is -1.96. The molecule has 3 rings (SSSR count). The van der Waals surface area contributed by atoms with E-state index in [-0.39, 0.29) is 16.9 Å². The molecule has 0 aliphatic heterocycles. The van der Waals surface area contributed by atoms with Crippen LogP contribution in [0.25, 0.3) is 11.2 Å². The minimum atomic E-state index is -0.495. The van der Waals surface area contributed by atoms with Crippen molar-refractivity contribution in [2.45, 2.75) is 6.92 Å². The number of hydrogen-bond acceptors (Lipinski definition) is 6. The normalized spacial score (nSPS) is 10.8. The van der Waals surface area contributed by atoms with E-state index in [9.17, 15) is 10.1 Å². The van der Waals surface area contributed by atoms with Crippen molar-refractivity contribution in [1.82, 2.24) is 19.9 Å². The van der Waals surface area contributed by atoms with Crippen LogP contribution in [0.3, 0.4) is 0 Å². The van der Waals surface area contributed by atoms with Crippen molar-refractivity contribution in [3.8, 4) is 11.6 Å². The predicted molar refractivity (Wildman–Crippen MR) is 74.6 cm³/mol. The lowest BCUT2D eigenvalue weighted by Gasteiger charge is -2.08. The van der Waals surface area contributed by atoms with Crippen molar-refractivity contribution in [2.75, 3.05) is 0 Å². The van der Waals surface area contributed by atoms with Gasteiger partial charge in [-0.05, 0) is 30.2 Å². The molecule has 0 radical (unpaired) electrons. The molecule has 106 valence electrons. The summed E-state index contributed by atoms with van der Waals surface area (Å²) in [5.41, 5.74) is 1.47. The number of rotatable bonds is 3. The van der Waals surface area contributed by atoms with Gasteiger partial charge in [-0.2, -0.15) is 9.97 Å². The van der Waals surface area contributed by atoms with Crippen LogP contribution in [0, 0.1) is 17.0 Å². The molecule has 9 heteroatoms. The monoisotopic (exact) mass is 305 g/mol. The van der Waals surface area contributed by atoms with E-state index >= 15 is 0 Å². The molecular formula is C12H8ClN5O3. The van der Waals surface area contributed by atoms with E-state index in [1.807, 2.05) is 0 Å². The van der Waals surface area contributed by atoms with Gasteiger partial charge in [0.05, 0.1) is 17.3 Å². The van der Waals surface area contributed by atoms with Crippen LogP contribution < -0.4 is 4.74 Å². The van der Waals surface area contributed by atoms with Crippen molar-refractivity contribution in [2.24, 2.45) is 0 Å². The first-order valence-corrected chi connectivity index (χ1v) is 6.22. The zero-order valence-electron chi connectivity index (χ0n) is 10.7. The van der Waals surface area contributed by atoms with Gasteiger partial charge in [-0.3, -0.25) is 10.1 Å². The number of nitro benzene ring substituents is 1. The number of halogens is 1. The average Bonchev–Trinajstić information content (AvgIpc) is 2.89. The Labute approximate surface area is 122 Å². The summed E-state index contributed by atoms with van der Waals surface area (Å²) in [6.45, 7) is 1.77. The number of non-ortho nitro benzene ring substituents is 1. The largest absolute Gasteiger partial charge is 0.436 e. The van der Waals surface area contributed by atoms with Crippen molar-refractivity contribution in [1.29, 1.82) is 0 Å². The zero-order valence-corrected chi connectivity index (χ0v) is 11.5. The van der Waals surface area contributed by atoms with Gasteiger partial charge < -0.3 is 9.72 Å². The molecule has 3 aromatic rings. The summed E-state index contributed by atoms with van der Waals surface area (Å²) in [7, 11) is 0. The van der Waals surface area contributed by atoms with E-state index in [2.05, 4.69) is 19.9 Å². The zero-order chi connectivity index (χ0) is 15.0. The number of nitrogens with zero attached hydrogens (tertiary/aromatic N) is 4. The third-order valence-electron chi connectivity index (χ3n) is 2.81. The van der Waals surface area contributed by atoms with Gasteiger partial charge in [0, 0.05) is 6.07 Å². The molecule has 1 aromatic carbocycles. The molecule has 0 amide bonds. The predicted octanol–water partition coefficient (Wildman–Crippen LogP) is 3.02. The van der Waals surface area contributed by atoms with E-state index in [4.69, 9.17) is 16.3 Å². The lowest BCUT2D eigenvalue weighted by atomic mass is 10.2. The minimum Gasteiger partial charge on any atom is -0.436 e. The maximum absolute atomic E-state index is 10.8. The number of H-pyrrole nitrogens is 1. The summed E-state index contributed by atoms with van der Waals surface area (Å²) in [4.78, 5) is 25.0. The van der Waals surface area contributed by atoms with E-state index in [1.54, 1.807) is 13.0 Å². The average molecular weight is 306 g/mol. The van der Waals surface area contributed by atoms with Crippen LogP contribution in [-0.2, 0) is 0 Å². The number of fused-ring (bicyclic) bond motifs is 1. The molecule has 1 N–H and O–H groups in total. The molecule has 0 spiro atoms. The molecular weight excluding hydrogens is 298 g/mol. The number of nitrogens with one attached hydrogen (secondary N) is 1. The van der Waals surface area contributed by atoms with E-state index in [1.165, 1.54) is 18.5 Å². The molecule has 21 heavy (non-hydrogen) atoms. The maximum Gasteiger partial charge on any atom is 0.273 e. The number of aromatic amines is 1. The molecule has 0 atom stereocenters. The fourth-order valence-electron chi connectivity index (χ4n) is 1.77. The van der Waals surface area contributed by atoms with Gasteiger partial charge in [0.1, 0.15) is 11.3 Å². The molecule has 0 unspecified atom stereocenters. The minimum absolute atomic E-state index is 0.0207. The standard InChI is InChI=1S/C12H8ClN5O3/c1-6-2-3-7(18(19)20)4-8(6)21-11-9-10(15-5-14-9)16-12(13)17-11/h2-5H,1H3,(H,14,15,16,17). The quantitative estimate of drug-likeness (QED) is 0.453. The molecule has 0 saturated heterocycles. The maximum atomic E-state index is 10.8. The second kappa shape index (κ2) is 4.98. The molecule has 0 aliphatic carbocycles. The van der Waals surface area contributed by atoms with Crippen molar-refractivity contribution in [3.05, 3.63) is 45.5 Å². The highest BCUT2D eigenvalue weighted by Crippen LogP contribution is 2.31. The molecule has 0 bridgehead atoms. The fourth-order valence-corrected chi connectivity index (χ4v) is 1.93. The molecule has 8 nitrogen and oxygen atoms in total. The third-order valence-corrected chi connectivity index (χ3v) is 2.98. The summed E-state index contributed by atoms with van der Waals surface area (Å²) in [6.07, 6.45) is 1.43. The van der Waals surface area contributed by atoms with Crippen LogP contribution in [0.5, 0.6) is 11.6 Å². The highest BCUT2D eigenvalue weighted by atomic mass is 35.5. The van der Waals surface area contributed by atoms with Gasteiger partial charge in [-0.25, -0.2) is 4.98 Å². The first kappa shape index (κ1) is 13.3. The highest BCUT2D eigenvalue weighted by Gasteiger charge is 2.15. The number of ether oxygens (including phenoxy) is 1. The smallest absolute Gasteiger partial charge is 0.273 e. The topological polar surface area (TPSA) is 107 Å². The Balaban J connectivity index is 2.08. The number of aromatic nitrogens is 4. The van der Waals surface area contributed by atoms with Gasteiger partial charge >= 0.3 is 0 Å². The van der Waals surface area contributed by atoms with Crippen LogP contribution >= 0.6 is 11.6 Å². The third kappa shape index (κ3) is 2.48. The Morgan fingerprint density at radius 3 is 2.95 bits per heavy atom. The molecule has 2 heterocycles. The van der Waals surface area contributed by atoms with E-state index in [0.717, 1.165) is 5.56 Å². The van der Waals surface area contributed by atoms with Crippen LogP contribution in [-0.4, -0.2) is 24.9 Å². The lowest BCUT2D eigenvalue weighted by molar-refractivity contribution is -0.384. The number of nitro groups is 1. The van der Waals surface area contributed by atoms with Crippen molar-refractivity contribution < 1.29 is 9.66 Å². The highest BCUT2D eigenvalue weighted by molar-refractivity contribution is 6.28. The van der Waals surface area contributed by atoms with Gasteiger partial charge in [0.2, 0.25) is 11.2 Å². The molecule has 0 aliphatic rings. The molecule has 0 fully saturated rings. The van der Waals surface area contributed by atoms with Crippen LogP contribution in [0.15, 0.2) is 24.5 Å². The van der Waals surface area contributed by atoms with Gasteiger partial charge in [-0.15, -0.1) is 0 Å². The van der Waals surface area contributed by atoms with Crippen LogP contribution in [0.1, 0.15) is 5.56 Å². The van der Waals surface area contributed by atoms with E-state index in [0.29, 0.717) is 16.9 Å². The fraction of sp³-hybridized carbons (Fsp3) is 0.0833.